The molecule has 0 spiro atoms. The predicted molar refractivity (Wildman–Crippen MR) is 127 cm³/mol. The van der Waals surface area contributed by atoms with Gasteiger partial charge in [0.05, 0.1) is 20.1 Å². The SMILES string of the molecule is Cc1cccc(C)c1NC(=O)C1([N+]2(C)CCCCCCC2)CC1.Cc1ccccc1. The van der Waals surface area contributed by atoms with E-state index in [0.717, 1.165) is 47.2 Å². The molecule has 1 aliphatic carbocycles. The Morgan fingerprint density at radius 2 is 1.33 bits per heavy atom. The minimum absolute atomic E-state index is 0.175. The lowest BCUT2D eigenvalue weighted by Crippen LogP contribution is -2.60. The van der Waals surface area contributed by atoms with Gasteiger partial charge in [-0.15, -0.1) is 0 Å². The predicted octanol–water partition coefficient (Wildman–Crippen LogP) is 6.18. The molecule has 162 valence electrons. The second-order valence-electron chi connectivity index (χ2n) is 9.52. The van der Waals surface area contributed by atoms with Crippen LogP contribution in [0.15, 0.2) is 48.5 Å². The van der Waals surface area contributed by atoms with Crippen LogP contribution in [0.5, 0.6) is 0 Å². The van der Waals surface area contributed by atoms with Gasteiger partial charge in [-0.05, 0) is 57.6 Å². The summed E-state index contributed by atoms with van der Waals surface area (Å²) < 4.78 is 0.948. The van der Waals surface area contributed by atoms with Crippen LogP contribution in [0, 0.1) is 20.8 Å². The Balaban J connectivity index is 0.000000310. The van der Waals surface area contributed by atoms with E-state index < -0.39 is 0 Å². The number of hydrogen-bond acceptors (Lipinski definition) is 1. The number of hydrogen-bond donors (Lipinski definition) is 1. The Kier molecular flexibility index (Phi) is 7.36. The summed E-state index contributed by atoms with van der Waals surface area (Å²) >= 11 is 0. The second kappa shape index (κ2) is 9.78. The summed E-state index contributed by atoms with van der Waals surface area (Å²) in [6, 6.07) is 16.5. The molecule has 0 unspecified atom stereocenters. The zero-order valence-electron chi connectivity index (χ0n) is 19.3. The molecular formula is C27H39N2O+. The summed E-state index contributed by atoms with van der Waals surface area (Å²) in [5.41, 5.74) is 4.48. The average Bonchev–Trinajstić information content (AvgIpc) is 3.52. The van der Waals surface area contributed by atoms with Crippen LogP contribution in [-0.4, -0.2) is 36.1 Å². The minimum Gasteiger partial charge on any atom is -0.320 e. The molecule has 1 saturated carbocycles. The van der Waals surface area contributed by atoms with E-state index in [2.05, 4.69) is 63.5 Å². The minimum atomic E-state index is -0.175. The van der Waals surface area contributed by atoms with Gasteiger partial charge in [-0.1, -0.05) is 60.5 Å². The fourth-order valence-corrected chi connectivity index (χ4v) is 4.90. The zero-order chi connectivity index (χ0) is 21.6. The highest BCUT2D eigenvalue weighted by Gasteiger charge is 2.63. The summed E-state index contributed by atoms with van der Waals surface area (Å²) in [7, 11) is 2.32. The summed E-state index contributed by atoms with van der Waals surface area (Å²) in [5, 5.41) is 3.29. The number of anilines is 1. The molecule has 2 fully saturated rings. The molecule has 0 aromatic heterocycles. The Morgan fingerprint density at radius 1 is 0.800 bits per heavy atom. The number of rotatable bonds is 3. The molecule has 0 atom stereocenters. The molecule has 4 rings (SSSR count). The fraction of sp³-hybridized carbons (Fsp3) is 0.519. The molecule has 1 aliphatic heterocycles. The number of carbonyl (C=O) groups is 1. The van der Waals surface area contributed by atoms with Crippen molar-refractivity contribution in [2.75, 3.05) is 25.5 Å². The maximum atomic E-state index is 13.2. The van der Waals surface area contributed by atoms with Crippen LogP contribution in [0.4, 0.5) is 5.69 Å². The van der Waals surface area contributed by atoms with Crippen LogP contribution in [0.1, 0.15) is 61.6 Å². The number of likely N-dealkylation sites (N-methyl/N-ethyl adjacent to an activating group) is 1. The first kappa shape index (κ1) is 22.6. The molecule has 30 heavy (non-hydrogen) atoms. The molecule has 1 saturated heterocycles. The van der Waals surface area contributed by atoms with Gasteiger partial charge in [-0.3, -0.25) is 4.79 Å². The normalized spacial score (nSPS) is 19.5. The van der Waals surface area contributed by atoms with Gasteiger partial charge in [0.2, 0.25) is 0 Å². The van der Waals surface area contributed by atoms with Crippen molar-refractivity contribution in [3.8, 4) is 0 Å². The van der Waals surface area contributed by atoms with Crippen LogP contribution < -0.4 is 5.32 Å². The second-order valence-corrected chi connectivity index (χ2v) is 9.52. The number of benzene rings is 2. The topological polar surface area (TPSA) is 29.1 Å². The van der Waals surface area contributed by atoms with E-state index in [0.29, 0.717) is 0 Å². The third-order valence-electron chi connectivity index (χ3n) is 7.14. The van der Waals surface area contributed by atoms with Crippen molar-refractivity contribution in [2.24, 2.45) is 0 Å². The number of aryl methyl sites for hydroxylation is 3. The summed E-state index contributed by atoms with van der Waals surface area (Å²) in [4.78, 5) is 13.2. The molecule has 1 heterocycles. The highest BCUT2D eigenvalue weighted by atomic mass is 16.2. The number of amides is 1. The van der Waals surface area contributed by atoms with Crippen molar-refractivity contribution in [3.63, 3.8) is 0 Å². The number of para-hydroxylation sites is 1. The van der Waals surface area contributed by atoms with Gasteiger partial charge in [-0.2, -0.15) is 0 Å². The van der Waals surface area contributed by atoms with Crippen LogP contribution in [0.3, 0.4) is 0 Å². The molecule has 2 aliphatic rings. The summed E-state index contributed by atoms with van der Waals surface area (Å²) in [6.45, 7) is 8.55. The molecular weight excluding hydrogens is 368 g/mol. The molecule has 2 aromatic rings. The van der Waals surface area contributed by atoms with Crippen molar-refractivity contribution >= 4 is 11.6 Å². The van der Waals surface area contributed by atoms with E-state index in [4.69, 9.17) is 0 Å². The Labute approximate surface area is 183 Å². The van der Waals surface area contributed by atoms with E-state index in [1.807, 2.05) is 18.2 Å². The zero-order valence-corrected chi connectivity index (χ0v) is 19.3. The first-order valence-electron chi connectivity index (χ1n) is 11.6. The van der Waals surface area contributed by atoms with Crippen molar-refractivity contribution in [1.82, 2.24) is 0 Å². The summed E-state index contributed by atoms with van der Waals surface area (Å²) in [6.07, 6.45) is 8.61. The monoisotopic (exact) mass is 407 g/mol. The summed E-state index contributed by atoms with van der Waals surface area (Å²) in [5.74, 6) is 0.248. The van der Waals surface area contributed by atoms with Gasteiger partial charge in [-0.25, -0.2) is 0 Å². The third-order valence-corrected chi connectivity index (χ3v) is 7.14. The van der Waals surface area contributed by atoms with E-state index in [1.54, 1.807) is 0 Å². The standard InChI is InChI=1S/C20H30N2O.C7H8/c1-16-10-9-11-17(2)18(16)21-19(23)20(12-13-20)22(3)14-7-5-4-6-8-15-22;1-7-5-3-2-4-6-7/h9-11H,4-8,12-15H2,1-3H3;2-6H,1H3/p+1. The van der Waals surface area contributed by atoms with Gasteiger partial charge in [0.1, 0.15) is 0 Å². The van der Waals surface area contributed by atoms with Crippen molar-refractivity contribution in [2.45, 2.75) is 71.3 Å². The number of likely N-dealkylation sites (tertiary alicyclic amines) is 1. The van der Waals surface area contributed by atoms with Crippen LogP contribution in [0.25, 0.3) is 0 Å². The van der Waals surface area contributed by atoms with Crippen LogP contribution in [0.2, 0.25) is 0 Å². The largest absolute Gasteiger partial charge is 0.320 e. The van der Waals surface area contributed by atoms with E-state index in [1.165, 1.54) is 37.7 Å². The van der Waals surface area contributed by atoms with E-state index in [-0.39, 0.29) is 11.4 Å². The molecule has 0 bridgehead atoms. The van der Waals surface area contributed by atoms with Crippen molar-refractivity contribution < 1.29 is 9.28 Å². The lowest BCUT2D eigenvalue weighted by Gasteiger charge is -2.42. The van der Waals surface area contributed by atoms with Crippen molar-refractivity contribution in [3.05, 3.63) is 65.2 Å². The van der Waals surface area contributed by atoms with E-state index in [9.17, 15) is 4.79 Å². The number of nitrogens with zero attached hydrogens (tertiary/aromatic N) is 1. The Hall–Kier alpha value is -2.13. The van der Waals surface area contributed by atoms with Crippen LogP contribution >= 0.6 is 0 Å². The lowest BCUT2D eigenvalue weighted by atomic mass is 10.0. The number of nitrogens with one attached hydrogen (secondary N) is 1. The first-order valence-corrected chi connectivity index (χ1v) is 11.6. The number of carbonyl (C=O) groups excluding carboxylic acids is 1. The quantitative estimate of drug-likeness (QED) is 0.605. The van der Waals surface area contributed by atoms with Crippen molar-refractivity contribution in [1.29, 1.82) is 0 Å². The molecule has 1 amide bonds. The first-order chi connectivity index (χ1) is 14.4. The maximum absolute atomic E-state index is 13.2. The molecule has 3 heteroatoms. The molecule has 3 nitrogen and oxygen atoms in total. The van der Waals surface area contributed by atoms with Crippen LogP contribution in [-0.2, 0) is 4.79 Å². The highest BCUT2D eigenvalue weighted by molar-refractivity contribution is 6.00. The third kappa shape index (κ3) is 5.13. The van der Waals surface area contributed by atoms with E-state index >= 15 is 0 Å². The Bertz CT molecular complexity index is 811. The lowest BCUT2D eigenvalue weighted by molar-refractivity contribution is -0.935. The fourth-order valence-electron chi connectivity index (χ4n) is 4.90. The van der Waals surface area contributed by atoms with Gasteiger partial charge >= 0.3 is 0 Å². The highest BCUT2D eigenvalue weighted by Crippen LogP contribution is 2.48. The van der Waals surface area contributed by atoms with Gasteiger partial charge < -0.3 is 9.80 Å². The van der Waals surface area contributed by atoms with Gasteiger partial charge in [0, 0.05) is 18.5 Å². The molecule has 1 N–H and O–H groups in total. The number of quaternary nitrogens is 1. The maximum Gasteiger partial charge on any atom is 0.285 e. The molecule has 0 radical (unpaired) electrons. The Morgan fingerprint density at radius 3 is 1.80 bits per heavy atom. The van der Waals surface area contributed by atoms with Gasteiger partial charge in [0.15, 0.2) is 5.54 Å². The average molecular weight is 408 g/mol. The van der Waals surface area contributed by atoms with Gasteiger partial charge in [0.25, 0.3) is 5.91 Å². The molecule has 2 aromatic carbocycles. The smallest absolute Gasteiger partial charge is 0.285 e.